The summed E-state index contributed by atoms with van der Waals surface area (Å²) in [5.74, 6) is 0.690. The normalized spacial score (nSPS) is 19.2. The fourth-order valence-corrected chi connectivity index (χ4v) is 2.74. The molecule has 2 N–H and O–H groups in total. The lowest BCUT2D eigenvalue weighted by Gasteiger charge is -2.18. The summed E-state index contributed by atoms with van der Waals surface area (Å²) in [6.07, 6.45) is 1.24. The first-order valence-electron chi connectivity index (χ1n) is 6.67. The lowest BCUT2D eigenvalue weighted by Crippen LogP contribution is -2.27. The molecule has 1 saturated heterocycles. The molecule has 1 atom stereocenters. The molecule has 1 aromatic heterocycles. The topological polar surface area (TPSA) is 58.5 Å². The largest absolute Gasteiger partial charge is 0.423 e. The Morgan fingerprint density at radius 3 is 3.00 bits per heavy atom. The minimum atomic E-state index is 0. The van der Waals surface area contributed by atoms with Gasteiger partial charge < -0.3 is 20.0 Å². The number of hydrogen-bond donors (Lipinski definition) is 1. The second-order valence-corrected chi connectivity index (χ2v) is 5.52. The molecule has 0 spiro atoms. The van der Waals surface area contributed by atoms with Crippen LogP contribution in [0.3, 0.4) is 0 Å². The molecule has 5 nitrogen and oxygen atoms in total. The molecule has 1 unspecified atom stereocenters. The van der Waals surface area contributed by atoms with E-state index in [1.807, 2.05) is 25.2 Å². The number of anilines is 2. The van der Waals surface area contributed by atoms with Gasteiger partial charge in [0.05, 0.1) is 0 Å². The number of benzene rings is 1. The summed E-state index contributed by atoms with van der Waals surface area (Å²) in [4.78, 5) is 8.96. The van der Waals surface area contributed by atoms with Gasteiger partial charge in [-0.1, -0.05) is 0 Å². The van der Waals surface area contributed by atoms with E-state index in [9.17, 15) is 0 Å². The third-order valence-corrected chi connectivity index (χ3v) is 3.75. The molecular weight excluding hydrogens is 276 g/mol. The smallest absolute Gasteiger partial charge is 0.298 e. The van der Waals surface area contributed by atoms with E-state index < -0.39 is 0 Å². The van der Waals surface area contributed by atoms with Crippen molar-refractivity contribution >= 4 is 35.2 Å². The van der Waals surface area contributed by atoms with Crippen molar-refractivity contribution in [1.29, 1.82) is 0 Å². The molecule has 0 aliphatic carbocycles. The van der Waals surface area contributed by atoms with Crippen molar-refractivity contribution in [3.63, 3.8) is 0 Å². The molecule has 0 bridgehead atoms. The highest BCUT2D eigenvalue weighted by molar-refractivity contribution is 5.85. The highest BCUT2D eigenvalue weighted by Crippen LogP contribution is 2.24. The van der Waals surface area contributed by atoms with E-state index in [0.717, 1.165) is 24.2 Å². The summed E-state index contributed by atoms with van der Waals surface area (Å²) in [6, 6.07) is 6.23. The summed E-state index contributed by atoms with van der Waals surface area (Å²) in [6.45, 7) is 3.31. The first-order chi connectivity index (χ1) is 9.11. The molecule has 0 saturated carbocycles. The number of rotatable bonds is 3. The molecule has 3 rings (SSSR count). The predicted octanol–water partition coefficient (Wildman–Crippen LogP) is 2.22. The van der Waals surface area contributed by atoms with Crippen LogP contribution in [0.1, 0.15) is 6.42 Å². The van der Waals surface area contributed by atoms with Gasteiger partial charge in [0, 0.05) is 25.8 Å². The maximum atomic E-state index is 5.77. The van der Waals surface area contributed by atoms with Crippen molar-refractivity contribution in [2.45, 2.75) is 6.42 Å². The summed E-state index contributed by atoms with van der Waals surface area (Å²) in [7, 11) is 4.20. The standard InChI is InChI=1S/C14H20N4O.ClH/c1-17-6-5-10(8-17)9-18(2)14-16-12-7-11(15)3-4-13(12)19-14;/h3-4,7,10H,5-6,8-9,15H2,1-2H3;1H. The fourth-order valence-electron chi connectivity index (χ4n) is 2.74. The van der Waals surface area contributed by atoms with Crippen LogP contribution in [0.25, 0.3) is 11.1 Å². The van der Waals surface area contributed by atoms with Crippen LogP contribution in [0, 0.1) is 5.92 Å². The Labute approximate surface area is 125 Å². The number of nitrogens with two attached hydrogens (primary N) is 1. The number of nitrogens with zero attached hydrogens (tertiary/aromatic N) is 3. The first-order valence-corrected chi connectivity index (χ1v) is 6.67. The van der Waals surface area contributed by atoms with Crippen LogP contribution in [0.2, 0.25) is 0 Å². The number of aromatic nitrogens is 1. The fraction of sp³-hybridized carbons (Fsp3) is 0.500. The van der Waals surface area contributed by atoms with Gasteiger partial charge in [0.15, 0.2) is 5.58 Å². The van der Waals surface area contributed by atoms with Crippen molar-refractivity contribution in [3.05, 3.63) is 18.2 Å². The van der Waals surface area contributed by atoms with E-state index in [0.29, 0.717) is 17.6 Å². The van der Waals surface area contributed by atoms with E-state index in [2.05, 4.69) is 21.8 Å². The lowest BCUT2D eigenvalue weighted by molar-refractivity contribution is 0.394. The number of fused-ring (bicyclic) bond motifs is 1. The second kappa shape index (κ2) is 5.89. The highest BCUT2D eigenvalue weighted by Gasteiger charge is 2.22. The van der Waals surface area contributed by atoms with E-state index in [4.69, 9.17) is 10.2 Å². The zero-order valence-electron chi connectivity index (χ0n) is 11.9. The van der Waals surface area contributed by atoms with Crippen molar-refractivity contribution in [2.75, 3.05) is 44.4 Å². The molecule has 0 radical (unpaired) electrons. The molecule has 1 aliphatic rings. The Kier molecular flexibility index (Phi) is 4.40. The molecular formula is C14H21ClN4O. The first kappa shape index (κ1) is 14.9. The molecule has 1 aliphatic heterocycles. The summed E-state index contributed by atoms with van der Waals surface area (Å²) < 4.78 is 5.77. The van der Waals surface area contributed by atoms with Gasteiger partial charge in [0.1, 0.15) is 5.52 Å². The number of halogens is 1. The van der Waals surface area contributed by atoms with E-state index in [-0.39, 0.29) is 12.4 Å². The summed E-state index contributed by atoms with van der Waals surface area (Å²) >= 11 is 0. The molecule has 0 amide bonds. The van der Waals surface area contributed by atoms with Crippen LogP contribution in [-0.4, -0.2) is 43.6 Å². The van der Waals surface area contributed by atoms with Gasteiger partial charge in [-0.15, -0.1) is 12.4 Å². The average molecular weight is 297 g/mol. The zero-order valence-corrected chi connectivity index (χ0v) is 12.7. The lowest BCUT2D eigenvalue weighted by atomic mass is 10.1. The van der Waals surface area contributed by atoms with Crippen LogP contribution in [0.4, 0.5) is 11.7 Å². The van der Waals surface area contributed by atoms with Crippen LogP contribution >= 0.6 is 12.4 Å². The Morgan fingerprint density at radius 1 is 1.50 bits per heavy atom. The predicted molar refractivity (Wildman–Crippen MR) is 84.5 cm³/mol. The average Bonchev–Trinajstić information content (AvgIpc) is 2.95. The minimum absolute atomic E-state index is 0. The monoisotopic (exact) mass is 296 g/mol. The third kappa shape index (κ3) is 2.99. The third-order valence-electron chi connectivity index (χ3n) is 3.75. The van der Waals surface area contributed by atoms with Gasteiger partial charge in [0.2, 0.25) is 0 Å². The Bertz CT molecular complexity index is 586. The molecule has 1 aromatic carbocycles. The maximum Gasteiger partial charge on any atom is 0.298 e. The quantitative estimate of drug-likeness (QED) is 0.880. The molecule has 2 heterocycles. The second-order valence-electron chi connectivity index (χ2n) is 5.52. The minimum Gasteiger partial charge on any atom is -0.423 e. The number of nitrogen functional groups attached to an aromatic ring is 1. The molecule has 1 fully saturated rings. The van der Waals surface area contributed by atoms with Crippen LogP contribution in [0.15, 0.2) is 22.6 Å². The van der Waals surface area contributed by atoms with E-state index in [1.165, 1.54) is 13.0 Å². The molecule has 20 heavy (non-hydrogen) atoms. The van der Waals surface area contributed by atoms with Gasteiger partial charge in [-0.2, -0.15) is 4.98 Å². The van der Waals surface area contributed by atoms with Crippen molar-refractivity contribution < 1.29 is 4.42 Å². The number of likely N-dealkylation sites (tertiary alicyclic amines) is 1. The Balaban J connectivity index is 0.00000147. The van der Waals surface area contributed by atoms with Gasteiger partial charge in [-0.25, -0.2) is 0 Å². The van der Waals surface area contributed by atoms with Crippen molar-refractivity contribution in [1.82, 2.24) is 9.88 Å². The highest BCUT2D eigenvalue weighted by atomic mass is 35.5. The van der Waals surface area contributed by atoms with Crippen molar-refractivity contribution in [2.24, 2.45) is 5.92 Å². The van der Waals surface area contributed by atoms with Crippen LogP contribution in [0.5, 0.6) is 0 Å². The number of hydrogen-bond acceptors (Lipinski definition) is 5. The SMILES string of the molecule is CN1CCC(CN(C)c2nc3cc(N)ccc3o2)C1.Cl. The molecule has 110 valence electrons. The van der Waals surface area contributed by atoms with Crippen molar-refractivity contribution in [3.8, 4) is 0 Å². The summed E-state index contributed by atoms with van der Waals surface area (Å²) in [5.41, 5.74) is 8.09. The van der Waals surface area contributed by atoms with E-state index >= 15 is 0 Å². The molecule has 6 heteroatoms. The van der Waals surface area contributed by atoms with Gasteiger partial charge >= 0.3 is 0 Å². The van der Waals surface area contributed by atoms with Gasteiger partial charge in [-0.3, -0.25) is 0 Å². The van der Waals surface area contributed by atoms with Gasteiger partial charge in [0.25, 0.3) is 6.01 Å². The Hall–Kier alpha value is -1.46. The van der Waals surface area contributed by atoms with Crippen LogP contribution < -0.4 is 10.6 Å². The zero-order chi connectivity index (χ0) is 13.4. The number of oxazole rings is 1. The maximum absolute atomic E-state index is 5.77. The molecule has 2 aromatic rings. The van der Waals surface area contributed by atoms with Gasteiger partial charge in [-0.05, 0) is 44.1 Å². The Morgan fingerprint density at radius 2 is 2.30 bits per heavy atom. The van der Waals surface area contributed by atoms with E-state index in [1.54, 1.807) is 0 Å². The van der Waals surface area contributed by atoms with Crippen LogP contribution in [-0.2, 0) is 0 Å². The summed E-state index contributed by atoms with van der Waals surface area (Å²) in [5, 5.41) is 0.